The van der Waals surface area contributed by atoms with Crippen LogP contribution < -0.4 is 10.6 Å². The van der Waals surface area contributed by atoms with E-state index in [0.29, 0.717) is 0 Å². The van der Waals surface area contributed by atoms with Gasteiger partial charge in [0.05, 0.1) is 0 Å². The fourth-order valence-corrected chi connectivity index (χ4v) is 2.55. The van der Waals surface area contributed by atoms with E-state index in [2.05, 4.69) is 10.6 Å². The number of alkyl halides is 3. The molecule has 1 fully saturated rings. The topological polar surface area (TPSA) is 41.1 Å². The molecule has 0 saturated heterocycles. The molecule has 0 radical (unpaired) electrons. The van der Waals surface area contributed by atoms with Crippen molar-refractivity contribution in [3.63, 3.8) is 0 Å². The molecule has 6 heteroatoms. The Bertz CT molecular complexity index is 593. The van der Waals surface area contributed by atoms with Gasteiger partial charge in [-0.15, -0.1) is 0 Å². The standard InChI is InChI=1S/C15H15F3N2O/c16-15(17,18)14(8-7-10-5-6-10)9-19-13(21)20-12-4-2-1-3-11(12)14/h1-4,7-8,10H,5-6,9H2,(H2,19,20,21). The number of benzene rings is 1. The van der Waals surface area contributed by atoms with E-state index in [4.69, 9.17) is 0 Å². The quantitative estimate of drug-likeness (QED) is 0.805. The number of nitrogens with one attached hydrogen (secondary N) is 2. The molecule has 0 bridgehead atoms. The van der Waals surface area contributed by atoms with Crippen molar-refractivity contribution in [3.8, 4) is 0 Å². The van der Waals surface area contributed by atoms with Crippen molar-refractivity contribution in [1.29, 1.82) is 0 Å². The summed E-state index contributed by atoms with van der Waals surface area (Å²) in [6, 6.07) is 5.46. The largest absolute Gasteiger partial charge is 0.403 e. The molecule has 1 aromatic carbocycles. The number of urea groups is 1. The van der Waals surface area contributed by atoms with E-state index in [-0.39, 0.29) is 17.2 Å². The third kappa shape index (κ3) is 2.50. The first-order valence-electron chi connectivity index (χ1n) is 6.83. The molecule has 0 spiro atoms. The molecule has 1 aliphatic carbocycles. The lowest BCUT2D eigenvalue weighted by Crippen LogP contribution is -2.48. The average Bonchev–Trinajstić information content (AvgIpc) is 3.22. The summed E-state index contributed by atoms with van der Waals surface area (Å²) in [7, 11) is 0. The van der Waals surface area contributed by atoms with Crippen molar-refractivity contribution in [3.05, 3.63) is 42.0 Å². The van der Waals surface area contributed by atoms with E-state index in [0.717, 1.165) is 12.8 Å². The Morgan fingerprint density at radius 2 is 1.95 bits per heavy atom. The van der Waals surface area contributed by atoms with Crippen LogP contribution in [0.3, 0.4) is 0 Å². The zero-order valence-corrected chi connectivity index (χ0v) is 11.2. The zero-order valence-electron chi connectivity index (χ0n) is 11.2. The SMILES string of the molecule is O=C1NCC(C=CC2CC2)(C(F)(F)F)c2ccccc2N1. The number of rotatable bonds is 2. The van der Waals surface area contributed by atoms with Crippen molar-refractivity contribution in [2.24, 2.45) is 5.92 Å². The number of hydrogen-bond donors (Lipinski definition) is 2. The molecule has 112 valence electrons. The summed E-state index contributed by atoms with van der Waals surface area (Å²) in [6.07, 6.45) is 0.208. The lowest BCUT2D eigenvalue weighted by molar-refractivity contribution is -0.174. The van der Waals surface area contributed by atoms with E-state index in [1.807, 2.05) is 0 Å². The van der Waals surface area contributed by atoms with Crippen molar-refractivity contribution in [2.75, 3.05) is 11.9 Å². The van der Waals surface area contributed by atoms with Gasteiger partial charge >= 0.3 is 12.2 Å². The molecule has 1 aliphatic heterocycles. The molecule has 1 saturated carbocycles. The van der Waals surface area contributed by atoms with Gasteiger partial charge in [0.2, 0.25) is 0 Å². The molecule has 1 aromatic rings. The first-order valence-corrected chi connectivity index (χ1v) is 6.83. The lowest BCUT2D eigenvalue weighted by atomic mass is 9.78. The number of hydrogen-bond acceptors (Lipinski definition) is 1. The second kappa shape index (κ2) is 4.79. The molecule has 3 nitrogen and oxygen atoms in total. The van der Waals surface area contributed by atoms with Crippen LogP contribution in [0.15, 0.2) is 36.4 Å². The Morgan fingerprint density at radius 1 is 1.24 bits per heavy atom. The Hall–Kier alpha value is -1.98. The number of para-hydroxylation sites is 1. The molecule has 0 aromatic heterocycles. The number of fused-ring (bicyclic) bond motifs is 1. The van der Waals surface area contributed by atoms with E-state index in [9.17, 15) is 18.0 Å². The summed E-state index contributed by atoms with van der Waals surface area (Å²) >= 11 is 0. The van der Waals surface area contributed by atoms with E-state index in [1.54, 1.807) is 18.2 Å². The van der Waals surface area contributed by atoms with Crippen LogP contribution >= 0.6 is 0 Å². The average molecular weight is 296 g/mol. The van der Waals surface area contributed by atoms with Gasteiger partial charge in [0, 0.05) is 12.2 Å². The summed E-state index contributed by atoms with van der Waals surface area (Å²) in [5.74, 6) is 0.225. The van der Waals surface area contributed by atoms with Gasteiger partial charge in [-0.05, 0) is 30.4 Å². The molecular weight excluding hydrogens is 281 g/mol. The number of halogens is 3. The first-order chi connectivity index (χ1) is 9.92. The van der Waals surface area contributed by atoms with Gasteiger partial charge in [0.1, 0.15) is 5.41 Å². The van der Waals surface area contributed by atoms with Crippen LogP contribution in [0.1, 0.15) is 18.4 Å². The predicted octanol–water partition coefficient (Wildman–Crippen LogP) is 3.59. The fraction of sp³-hybridized carbons (Fsp3) is 0.400. The molecule has 1 unspecified atom stereocenters. The Labute approximate surface area is 120 Å². The van der Waals surface area contributed by atoms with Crippen molar-refractivity contribution < 1.29 is 18.0 Å². The maximum atomic E-state index is 13.8. The van der Waals surface area contributed by atoms with Crippen molar-refractivity contribution in [2.45, 2.75) is 24.4 Å². The van der Waals surface area contributed by atoms with Crippen LogP contribution in [0, 0.1) is 5.92 Å². The number of carbonyl (C=O) groups is 1. The lowest BCUT2D eigenvalue weighted by Gasteiger charge is -2.33. The zero-order chi connectivity index (χ0) is 15.1. The maximum Gasteiger partial charge on any atom is 0.403 e. The first kappa shape index (κ1) is 14.0. The van der Waals surface area contributed by atoms with Gasteiger partial charge in [0.15, 0.2) is 0 Å². The molecule has 2 amide bonds. The highest BCUT2D eigenvalue weighted by Crippen LogP contribution is 2.46. The minimum absolute atomic E-state index is 0.0766. The molecule has 1 heterocycles. The summed E-state index contributed by atoms with van der Waals surface area (Å²) in [5.41, 5.74) is -1.91. The van der Waals surface area contributed by atoms with Crippen LogP contribution in [0.4, 0.5) is 23.7 Å². The molecular formula is C15H15F3N2O. The molecule has 2 aliphatic rings. The summed E-state index contributed by atoms with van der Waals surface area (Å²) in [4.78, 5) is 11.6. The smallest absolute Gasteiger partial charge is 0.336 e. The van der Waals surface area contributed by atoms with Gasteiger partial charge in [-0.2, -0.15) is 13.2 Å². The second-order valence-electron chi connectivity index (χ2n) is 5.52. The van der Waals surface area contributed by atoms with Gasteiger partial charge in [-0.25, -0.2) is 4.79 Å². The van der Waals surface area contributed by atoms with Crippen LogP contribution in [-0.4, -0.2) is 18.8 Å². The van der Waals surface area contributed by atoms with Crippen molar-refractivity contribution >= 4 is 11.7 Å². The maximum absolute atomic E-state index is 13.8. The Kier molecular flexibility index (Phi) is 3.19. The molecule has 1 atom stereocenters. The van der Waals surface area contributed by atoms with Gasteiger partial charge in [0.25, 0.3) is 0 Å². The van der Waals surface area contributed by atoms with E-state index < -0.39 is 24.2 Å². The number of allylic oxidation sites excluding steroid dienone is 1. The highest BCUT2D eigenvalue weighted by molar-refractivity contribution is 5.91. The number of amides is 2. The van der Waals surface area contributed by atoms with Crippen LogP contribution in [0.2, 0.25) is 0 Å². The number of carbonyl (C=O) groups excluding carboxylic acids is 1. The highest BCUT2D eigenvalue weighted by Gasteiger charge is 2.56. The van der Waals surface area contributed by atoms with Crippen LogP contribution in [0.5, 0.6) is 0 Å². The van der Waals surface area contributed by atoms with Crippen LogP contribution in [0.25, 0.3) is 0 Å². The third-order valence-corrected chi connectivity index (χ3v) is 3.96. The van der Waals surface area contributed by atoms with Gasteiger partial charge in [-0.3, -0.25) is 0 Å². The minimum Gasteiger partial charge on any atom is -0.336 e. The van der Waals surface area contributed by atoms with Gasteiger partial charge < -0.3 is 10.6 Å². The molecule has 21 heavy (non-hydrogen) atoms. The Balaban J connectivity index is 2.15. The third-order valence-electron chi connectivity index (χ3n) is 3.96. The van der Waals surface area contributed by atoms with Gasteiger partial charge in [-0.1, -0.05) is 30.4 Å². The van der Waals surface area contributed by atoms with E-state index in [1.165, 1.54) is 18.2 Å². The second-order valence-corrected chi connectivity index (χ2v) is 5.52. The monoisotopic (exact) mass is 296 g/mol. The summed E-state index contributed by atoms with van der Waals surface area (Å²) in [5, 5.41) is 4.78. The normalized spacial score (nSPS) is 26.0. The highest BCUT2D eigenvalue weighted by atomic mass is 19.4. The minimum atomic E-state index is -4.49. The van der Waals surface area contributed by atoms with Crippen LogP contribution in [-0.2, 0) is 5.41 Å². The summed E-state index contributed by atoms with van der Waals surface area (Å²) < 4.78 is 41.5. The molecule has 2 N–H and O–H groups in total. The fourth-order valence-electron chi connectivity index (χ4n) is 2.55. The van der Waals surface area contributed by atoms with E-state index >= 15 is 0 Å². The van der Waals surface area contributed by atoms with Crippen molar-refractivity contribution in [1.82, 2.24) is 5.32 Å². The Morgan fingerprint density at radius 3 is 2.62 bits per heavy atom. The predicted molar refractivity (Wildman–Crippen MR) is 73.1 cm³/mol. The molecule has 3 rings (SSSR count). The summed E-state index contributed by atoms with van der Waals surface area (Å²) in [6.45, 7) is -0.497. The number of anilines is 1.